The van der Waals surface area contributed by atoms with Crippen molar-refractivity contribution in [1.29, 1.82) is 0 Å². The molecule has 0 aliphatic heterocycles. The van der Waals surface area contributed by atoms with Gasteiger partial charge in [0.25, 0.3) is 0 Å². The van der Waals surface area contributed by atoms with Crippen molar-refractivity contribution in [1.82, 2.24) is 0 Å². The molecule has 0 heterocycles. The fourth-order valence-electron chi connectivity index (χ4n) is 1.12. The van der Waals surface area contributed by atoms with E-state index in [-0.39, 0.29) is 0 Å². The summed E-state index contributed by atoms with van der Waals surface area (Å²) in [5, 5.41) is 0.785. The largest absolute Gasteiger partial charge is 0.120 e. The lowest BCUT2D eigenvalue weighted by Gasteiger charge is -2.03. The van der Waals surface area contributed by atoms with Gasteiger partial charge in [0.15, 0.2) is 0 Å². The van der Waals surface area contributed by atoms with Gasteiger partial charge in [-0.25, -0.2) is 0 Å². The Kier molecular flexibility index (Phi) is 3.19. The number of aryl methyl sites for hydroxylation is 2. The zero-order chi connectivity index (χ0) is 8.97. The third kappa shape index (κ3) is 2.29. The van der Waals surface area contributed by atoms with Crippen molar-refractivity contribution in [3.05, 3.63) is 34.3 Å². The number of halogens is 1. The molecule has 1 aromatic rings. The van der Waals surface area contributed by atoms with Crippen molar-refractivity contribution < 1.29 is 0 Å². The van der Waals surface area contributed by atoms with Crippen LogP contribution >= 0.6 is 11.6 Å². The zero-order valence-electron chi connectivity index (χ0n) is 7.10. The van der Waals surface area contributed by atoms with E-state index in [1.165, 1.54) is 11.1 Å². The van der Waals surface area contributed by atoms with Crippen molar-refractivity contribution in [2.24, 2.45) is 0 Å². The molecule has 0 bridgehead atoms. The highest BCUT2D eigenvalue weighted by atomic mass is 35.5. The van der Waals surface area contributed by atoms with Gasteiger partial charge in [0, 0.05) is 11.4 Å². The lowest BCUT2D eigenvalue weighted by atomic mass is 10.0. The zero-order valence-corrected chi connectivity index (χ0v) is 7.86. The summed E-state index contributed by atoms with van der Waals surface area (Å²) in [7, 11) is 0. The van der Waals surface area contributed by atoms with Gasteiger partial charge >= 0.3 is 0 Å². The van der Waals surface area contributed by atoms with E-state index in [1.54, 1.807) is 0 Å². The number of terminal acetylenes is 1. The maximum Gasteiger partial charge on any atom is 0.0408 e. The van der Waals surface area contributed by atoms with Crippen LogP contribution in [-0.4, -0.2) is 0 Å². The molecule has 0 aliphatic carbocycles. The van der Waals surface area contributed by atoms with Crippen LogP contribution in [0.4, 0.5) is 0 Å². The minimum atomic E-state index is 0.779. The molecule has 0 fully saturated rings. The molecule has 0 saturated carbocycles. The first-order valence-corrected chi connectivity index (χ1v) is 4.30. The normalized spacial score (nSPS) is 9.42. The fraction of sp³-hybridized carbons (Fsp3) is 0.273. The van der Waals surface area contributed by atoms with E-state index >= 15 is 0 Å². The molecule has 0 saturated heterocycles. The third-order valence-electron chi connectivity index (χ3n) is 1.85. The summed E-state index contributed by atoms with van der Waals surface area (Å²) in [5.74, 6) is 2.62. The van der Waals surface area contributed by atoms with Crippen LogP contribution in [0.2, 0.25) is 5.02 Å². The lowest BCUT2D eigenvalue weighted by Crippen LogP contribution is -1.88. The summed E-state index contributed by atoms with van der Waals surface area (Å²) in [6.07, 6.45) is 6.88. The Labute approximate surface area is 78.6 Å². The molecule has 0 amide bonds. The van der Waals surface area contributed by atoms with Crippen molar-refractivity contribution >= 4 is 11.6 Å². The van der Waals surface area contributed by atoms with Crippen LogP contribution in [0.15, 0.2) is 18.2 Å². The van der Waals surface area contributed by atoms with Crippen molar-refractivity contribution in [3.8, 4) is 12.3 Å². The van der Waals surface area contributed by atoms with Crippen LogP contribution in [0.25, 0.3) is 0 Å². The first kappa shape index (κ1) is 9.16. The Morgan fingerprint density at radius 2 is 2.25 bits per heavy atom. The Balaban J connectivity index is 2.84. The third-order valence-corrected chi connectivity index (χ3v) is 2.08. The highest BCUT2D eigenvalue weighted by Gasteiger charge is 1.97. The Hall–Kier alpha value is -0.930. The molecule has 0 radical (unpaired) electrons. The molecule has 12 heavy (non-hydrogen) atoms. The van der Waals surface area contributed by atoms with E-state index in [0.717, 1.165) is 17.9 Å². The SMILES string of the molecule is C#CCCc1cc(Cl)ccc1C. The molecule has 0 spiro atoms. The molecule has 1 aromatic carbocycles. The molecule has 0 aromatic heterocycles. The van der Waals surface area contributed by atoms with E-state index in [2.05, 4.69) is 12.8 Å². The van der Waals surface area contributed by atoms with Gasteiger partial charge in [-0.15, -0.1) is 12.3 Å². The maximum atomic E-state index is 5.84. The summed E-state index contributed by atoms with van der Waals surface area (Å²) in [6.45, 7) is 2.07. The molecule has 1 rings (SSSR count). The summed E-state index contributed by atoms with van der Waals surface area (Å²) in [5.41, 5.74) is 2.51. The van der Waals surface area contributed by atoms with Gasteiger partial charge in [0.05, 0.1) is 0 Å². The molecule has 1 heteroatoms. The van der Waals surface area contributed by atoms with E-state index in [0.29, 0.717) is 0 Å². The standard InChI is InChI=1S/C11H11Cl/c1-3-4-5-10-8-11(12)7-6-9(10)2/h1,6-8H,4-5H2,2H3. The van der Waals surface area contributed by atoms with Gasteiger partial charge < -0.3 is 0 Å². The first-order valence-electron chi connectivity index (χ1n) is 3.92. The molecular formula is C11H11Cl. The summed E-state index contributed by atoms with van der Waals surface area (Å²) >= 11 is 5.84. The van der Waals surface area contributed by atoms with E-state index in [1.807, 2.05) is 18.2 Å². The highest BCUT2D eigenvalue weighted by Crippen LogP contribution is 2.16. The predicted molar refractivity (Wildman–Crippen MR) is 53.3 cm³/mol. The van der Waals surface area contributed by atoms with Crippen LogP contribution < -0.4 is 0 Å². The van der Waals surface area contributed by atoms with Crippen molar-refractivity contribution in [2.45, 2.75) is 19.8 Å². The van der Waals surface area contributed by atoms with Gasteiger partial charge in [0.2, 0.25) is 0 Å². The second-order valence-electron chi connectivity index (χ2n) is 2.77. The van der Waals surface area contributed by atoms with E-state index in [9.17, 15) is 0 Å². The van der Waals surface area contributed by atoms with Gasteiger partial charge in [-0.05, 0) is 36.6 Å². The fourth-order valence-corrected chi connectivity index (χ4v) is 1.31. The summed E-state index contributed by atoms with van der Waals surface area (Å²) < 4.78 is 0. The van der Waals surface area contributed by atoms with Gasteiger partial charge in [-0.2, -0.15) is 0 Å². The van der Waals surface area contributed by atoms with Crippen molar-refractivity contribution in [2.75, 3.05) is 0 Å². The van der Waals surface area contributed by atoms with Crippen LogP contribution in [0, 0.1) is 19.3 Å². The predicted octanol–water partition coefficient (Wildman–Crippen LogP) is 3.21. The average molecular weight is 179 g/mol. The first-order chi connectivity index (χ1) is 5.74. The summed E-state index contributed by atoms with van der Waals surface area (Å²) in [6, 6.07) is 5.90. The molecule has 62 valence electrons. The van der Waals surface area contributed by atoms with Crippen LogP contribution in [0.1, 0.15) is 17.5 Å². The molecule has 0 N–H and O–H groups in total. The van der Waals surface area contributed by atoms with Crippen LogP contribution in [-0.2, 0) is 6.42 Å². The summed E-state index contributed by atoms with van der Waals surface area (Å²) in [4.78, 5) is 0. The van der Waals surface area contributed by atoms with Crippen LogP contribution in [0.3, 0.4) is 0 Å². The second-order valence-corrected chi connectivity index (χ2v) is 3.21. The monoisotopic (exact) mass is 178 g/mol. The number of hydrogen-bond donors (Lipinski definition) is 0. The molecular weight excluding hydrogens is 168 g/mol. The Morgan fingerprint density at radius 1 is 1.50 bits per heavy atom. The second kappa shape index (κ2) is 4.18. The highest BCUT2D eigenvalue weighted by molar-refractivity contribution is 6.30. The van der Waals surface area contributed by atoms with E-state index in [4.69, 9.17) is 18.0 Å². The Morgan fingerprint density at radius 3 is 2.92 bits per heavy atom. The van der Waals surface area contributed by atoms with Gasteiger partial charge in [0.1, 0.15) is 0 Å². The molecule has 0 atom stereocenters. The number of rotatable bonds is 2. The minimum Gasteiger partial charge on any atom is -0.120 e. The Bertz CT molecular complexity index is 307. The smallest absolute Gasteiger partial charge is 0.0408 e. The van der Waals surface area contributed by atoms with E-state index < -0.39 is 0 Å². The van der Waals surface area contributed by atoms with Gasteiger partial charge in [-0.3, -0.25) is 0 Å². The quantitative estimate of drug-likeness (QED) is 0.611. The van der Waals surface area contributed by atoms with Crippen molar-refractivity contribution in [3.63, 3.8) is 0 Å². The molecule has 0 unspecified atom stereocenters. The maximum absolute atomic E-state index is 5.84. The lowest BCUT2D eigenvalue weighted by molar-refractivity contribution is 1.01. The van der Waals surface area contributed by atoms with Crippen LogP contribution in [0.5, 0.6) is 0 Å². The molecule has 0 nitrogen and oxygen atoms in total. The van der Waals surface area contributed by atoms with Gasteiger partial charge in [-0.1, -0.05) is 17.7 Å². The topological polar surface area (TPSA) is 0 Å². The average Bonchev–Trinajstić information content (AvgIpc) is 2.07. The number of benzene rings is 1. The number of hydrogen-bond acceptors (Lipinski definition) is 0. The minimum absolute atomic E-state index is 0.779. The molecule has 0 aliphatic rings.